The highest BCUT2D eigenvalue weighted by molar-refractivity contribution is 5.83. The van der Waals surface area contributed by atoms with Gasteiger partial charge in [-0.1, -0.05) is 13.0 Å². The van der Waals surface area contributed by atoms with E-state index < -0.39 is 0 Å². The van der Waals surface area contributed by atoms with Crippen LogP contribution in [0.1, 0.15) is 36.6 Å². The highest BCUT2D eigenvalue weighted by Crippen LogP contribution is 2.51. The number of hydrogen-bond donors (Lipinski definition) is 1. The number of nitrogens with zero attached hydrogens (tertiary/aromatic N) is 1. The minimum absolute atomic E-state index is 0.193. The molecule has 1 atom stereocenters. The van der Waals surface area contributed by atoms with Crippen molar-refractivity contribution < 1.29 is 14.6 Å². The maximum atomic E-state index is 10.3. The van der Waals surface area contributed by atoms with Crippen LogP contribution in [0.5, 0.6) is 17.2 Å². The molecule has 4 rings (SSSR count). The largest absolute Gasteiger partial charge is 0.504 e. The maximum absolute atomic E-state index is 10.3. The van der Waals surface area contributed by atoms with Crippen molar-refractivity contribution in [2.45, 2.75) is 32.7 Å². The van der Waals surface area contributed by atoms with Crippen molar-refractivity contribution in [3.63, 3.8) is 0 Å². The van der Waals surface area contributed by atoms with Crippen LogP contribution in [0.2, 0.25) is 0 Å². The van der Waals surface area contributed by atoms with Crippen molar-refractivity contribution in [2.75, 3.05) is 26.8 Å². The molecule has 0 saturated carbocycles. The summed E-state index contributed by atoms with van der Waals surface area (Å²) < 4.78 is 11.4. The van der Waals surface area contributed by atoms with Crippen molar-refractivity contribution in [2.24, 2.45) is 0 Å². The molecule has 0 saturated heterocycles. The first-order chi connectivity index (χ1) is 12.2. The highest BCUT2D eigenvalue weighted by atomic mass is 16.5. The molecular weight excluding hydrogens is 314 g/mol. The van der Waals surface area contributed by atoms with Gasteiger partial charge in [-0.05, 0) is 66.8 Å². The normalized spacial score (nSPS) is 18.4. The third-order valence-corrected chi connectivity index (χ3v) is 5.51. The molecule has 132 valence electrons. The lowest BCUT2D eigenvalue weighted by atomic mass is 9.76. The van der Waals surface area contributed by atoms with Crippen molar-refractivity contribution >= 4 is 0 Å². The summed E-state index contributed by atoms with van der Waals surface area (Å²) in [4.78, 5) is 2.55. The zero-order valence-corrected chi connectivity index (χ0v) is 15.1. The number of methoxy groups -OCH3 is 1. The second-order valence-corrected chi connectivity index (χ2v) is 6.73. The zero-order chi connectivity index (χ0) is 17.6. The molecule has 0 fully saturated rings. The standard InChI is InChI=1S/C21H25NO3/c1-4-22-9-8-14-10-15(25-5-2)12-16-19(14)17(22)11-13-6-7-18(23)21(24-3)20(13)16/h6-7,10,12,17,23H,4-5,8-9,11H2,1-3H3/t17-/m1/s1. The van der Waals surface area contributed by atoms with E-state index in [0.717, 1.165) is 42.8 Å². The van der Waals surface area contributed by atoms with Gasteiger partial charge >= 0.3 is 0 Å². The van der Waals surface area contributed by atoms with Gasteiger partial charge in [-0.25, -0.2) is 0 Å². The van der Waals surface area contributed by atoms with Gasteiger partial charge in [0.05, 0.1) is 13.7 Å². The molecule has 1 aliphatic heterocycles. The molecule has 0 aromatic heterocycles. The Morgan fingerprint density at radius 3 is 2.76 bits per heavy atom. The fourth-order valence-electron chi connectivity index (χ4n) is 4.45. The number of hydrogen-bond acceptors (Lipinski definition) is 4. The van der Waals surface area contributed by atoms with Gasteiger partial charge in [-0.15, -0.1) is 0 Å². The molecule has 25 heavy (non-hydrogen) atoms. The van der Waals surface area contributed by atoms with Gasteiger partial charge < -0.3 is 14.6 Å². The molecule has 2 aliphatic rings. The van der Waals surface area contributed by atoms with Gasteiger partial charge in [0.2, 0.25) is 0 Å². The number of phenolic OH excluding ortho intramolecular Hbond substituents is 1. The van der Waals surface area contributed by atoms with E-state index in [1.807, 2.05) is 13.0 Å². The predicted octanol–water partition coefficient (Wildman–Crippen LogP) is 3.94. The number of likely N-dealkylation sites (N-methyl/N-ethyl adjacent to an activating group) is 1. The van der Waals surface area contributed by atoms with Crippen molar-refractivity contribution in [3.8, 4) is 28.4 Å². The molecule has 0 amide bonds. The van der Waals surface area contributed by atoms with Crippen LogP contribution in [0.15, 0.2) is 24.3 Å². The summed E-state index contributed by atoms with van der Waals surface area (Å²) in [6.07, 6.45) is 1.98. The van der Waals surface area contributed by atoms with Crippen molar-refractivity contribution in [3.05, 3.63) is 41.0 Å². The number of phenols is 1. The average Bonchev–Trinajstić information content (AvgIpc) is 2.62. The van der Waals surface area contributed by atoms with Gasteiger partial charge in [0.1, 0.15) is 5.75 Å². The third-order valence-electron chi connectivity index (χ3n) is 5.51. The Labute approximate surface area is 149 Å². The van der Waals surface area contributed by atoms with Gasteiger partial charge in [0.15, 0.2) is 11.5 Å². The highest BCUT2D eigenvalue weighted by Gasteiger charge is 2.36. The Morgan fingerprint density at radius 2 is 2.04 bits per heavy atom. The SMILES string of the molecule is CCOc1cc2c3c(c1)-c1c(ccc(O)c1OC)C[C@H]3N(CC)CC2. The van der Waals surface area contributed by atoms with E-state index in [1.165, 1.54) is 16.7 Å². The second kappa shape index (κ2) is 6.26. The first-order valence-electron chi connectivity index (χ1n) is 9.10. The van der Waals surface area contributed by atoms with Gasteiger partial charge in [0.25, 0.3) is 0 Å². The van der Waals surface area contributed by atoms with E-state index >= 15 is 0 Å². The summed E-state index contributed by atoms with van der Waals surface area (Å²) >= 11 is 0. The van der Waals surface area contributed by atoms with Gasteiger partial charge in [0, 0.05) is 18.2 Å². The first kappa shape index (κ1) is 16.3. The van der Waals surface area contributed by atoms with Crippen LogP contribution in [-0.2, 0) is 12.8 Å². The maximum Gasteiger partial charge on any atom is 0.168 e. The molecule has 1 N–H and O–H groups in total. The summed E-state index contributed by atoms with van der Waals surface area (Å²) in [5, 5.41) is 10.3. The van der Waals surface area contributed by atoms with Crippen LogP contribution >= 0.6 is 0 Å². The van der Waals surface area contributed by atoms with E-state index in [0.29, 0.717) is 18.4 Å². The summed E-state index contributed by atoms with van der Waals surface area (Å²) in [5.41, 5.74) is 6.15. The van der Waals surface area contributed by atoms with Gasteiger partial charge in [-0.2, -0.15) is 0 Å². The summed E-state index contributed by atoms with van der Waals surface area (Å²) in [7, 11) is 1.62. The predicted molar refractivity (Wildman–Crippen MR) is 98.7 cm³/mol. The van der Waals surface area contributed by atoms with E-state index in [9.17, 15) is 5.11 Å². The molecule has 0 bridgehead atoms. The third kappa shape index (κ3) is 2.47. The number of rotatable bonds is 4. The lowest BCUT2D eigenvalue weighted by molar-refractivity contribution is 0.192. The number of ether oxygens (including phenoxy) is 2. The fourth-order valence-corrected chi connectivity index (χ4v) is 4.45. The zero-order valence-electron chi connectivity index (χ0n) is 15.1. The summed E-state index contributed by atoms with van der Waals surface area (Å²) in [5.74, 6) is 1.66. The molecule has 2 aromatic rings. The average molecular weight is 339 g/mol. The Bertz CT molecular complexity index is 815. The van der Waals surface area contributed by atoms with E-state index in [1.54, 1.807) is 13.2 Å². The Balaban J connectivity index is 2.00. The van der Waals surface area contributed by atoms with Crippen molar-refractivity contribution in [1.29, 1.82) is 0 Å². The van der Waals surface area contributed by atoms with Crippen LogP contribution in [0.25, 0.3) is 11.1 Å². The monoisotopic (exact) mass is 339 g/mol. The lowest BCUT2D eigenvalue weighted by Gasteiger charge is -2.41. The Kier molecular flexibility index (Phi) is 4.08. The Hall–Kier alpha value is -2.20. The van der Waals surface area contributed by atoms with Crippen molar-refractivity contribution in [1.82, 2.24) is 4.90 Å². The van der Waals surface area contributed by atoms with Crippen LogP contribution in [-0.4, -0.2) is 36.8 Å². The number of fused-ring (bicyclic) bond motifs is 2. The molecular formula is C21H25NO3. The summed E-state index contributed by atoms with van der Waals surface area (Å²) in [6.45, 7) is 7.00. The smallest absolute Gasteiger partial charge is 0.168 e. The quantitative estimate of drug-likeness (QED) is 0.916. The second-order valence-electron chi connectivity index (χ2n) is 6.73. The molecule has 0 unspecified atom stereocenters. The van der Waals surface area contributed by atoms with Gasteiger partial charge in [-0.3, -0.25) is 4.90 Å². The topological polar surface area (TPSA) is 41.9 Å². The van der Waals surface area contributed by atoms with E-state index in [-0.39, 0.29) is 5.75 Å². The first-order valence-corrected chi connectivity index (χ1v) is 9.10. The molecule has 2 aromatic carbocycles. The van der Waals surface area contributed by atoms with E-state index in [4.69, 9.17) is 9.47 Å². The Morgan fingerprint density at radius 1 is 1.20 bits per heavy atom. The molecule has 4 nitrogen and oxygen atoms in total. The minimum atomic E-state index is 0.193. The minimum Gasteiger partial charge on any atom is -0.504 e. The molecule has 1 aliphatic carbocycles. The lowest BCUT2D eigenvalue weighted by Crippen LogP contribution is -2.38. The van der Waals surface area contributed by atoms with Crippen LogP contribution in [0.3, 0.4) is 0 Å². The molecule has 0 spiro atoms. The fraction of sp³-hybridized carbons (Fsp3) is 0.429. The number of benzene rings is 2. The molecule has 4 heteroatoms. The number of aromatic hydroxyl groups is 1. The molecule has 0 radical (unpaired) electrons. The van der Waals surface area contributed by atoms with Crippen LogP contribution < -0.4 is 9.47 Å². The summed E-state index contributed by atoms with van der Waals surface area (Å²) in [6, 6.07) is 8.48. The van der Waals surface area contributed by atoms with E-state index in [2.05, 4.69) is 24.0 Å². The van der Waals surface area contributed by atoms with Crippen LogP contribution in [0.4, 0.5) is 0 Å². The molecule has 1 heterocycles. The van der Waals surface area contributed by atoms with Crippen LogP contribution in [0, 0.1) is 0 Å².